The van der Waals surface area contributed by atoms with Gasteiger partial charge < -0.3 is 4.42 Å². The molecule has 0 aliphatic heterocycles. The molecule has 0 unspecified atom stereocenters. The minimum atomic E-state index is 0.888. The zero-order valence-corrected chi connectivity index (χ0v) is 12.1. The normalized spacial score (nSPS) is 10.8. The zero-order chi connectivity index (χ0) is 14.1. The van der Waals surface area contributed by atoms with Crippen molar-refractivity contribution in [3.8, 4) is 11.3 Å². The third-order valence-corrected chi connectivity index (χ3v) is 3.43. The van der Waals surface area contributed by atoms with Gasteiger partial charge in [-0.15, -0.1) is 0 Å². The highest BCUT2D eigenvalue weighted by Crippen LogP contribution is 2.22. The van der Waals surface area contributed by atoms with E-state index >= 15 is 0 Å². The Morgan fingerprint density at radius 1 is 0.900 bits per heavy atom. The lowest BCUT2D eigenvalue weighted by atomic mass is 10.1. The molecule has 3 rings (SSSR count). The molecule has 0 bridgehead atoms. The molecule has 0 amide bonds. The van der Waals surface area contributed by atoms with Gasteiger partial charge in [0.2, 0.25) is 0 Å². The van der Waals surface area contributed by atoms with Gasteiger partial charge in [0.05, 0.1) is 5.39 Å². The number of nitrogens with zero attached hydrogens (tertiary/aromatic N) is 1. The summed E-state index contributed by atoms with van der Waals surface area (Å²) in [7, 11) is 4.01. The van der Waals surface area contributed by atoms with E-state index in [-0.39, 0.29) is 0 Å². The zero-order valence-electron chi connectivity index (χ0n) is 12.1. The van der Waals surface area contributed by atoms with Crippen molar-refractivity contribution in [3.63, 3.8) is 0 Å². The monoisotopic (exact) mass is 264 g/mol. The number of hydrogen-bond acceptors (Lipinski definition) is 1. The molecule has 0 atom stereocenters. The molecule has 0 aliphatic rings. The van der Waals surface area contributed by atoms with E-state index in [2.05, 4.69) is 55.5 Å². The lowest BCUT2D eigenvalue weighted by Gasteiger charge is -2.03. The molecule has 0 fully saturated rings. The molecule has 2 aromatic carbocycles. The van der Waals surface area contributed by atoms with Gasteiger partial charge in [-0.3, -0.25) is 0 Å². The number of aryl methyl sites for hydroxylation is 1. The van der Waals surface area contributed by atoms with Crippen LogP contribution in [0.4, 0.5) is 0 Å². The molecule has 0 saturated carbocycles. The van der Waals surface area contributed by atoms with Gasteiger partial charge in [-0.25, -0.2) is 4.58 Å². The Morgan fingerprint density at radius 3 is 2.30 bits per heavy atom. The van der Waals surface area contributed by atoms with Gasteiger partial charge in [-0.2, -0.15) is 0 Å². The summed E-state index contributed by atoms with van der Waals surface area (Å²) in [5, 5.41) is 2.33. The highest BCUT2D eigenvalue weighted by Gasteiger charge is 2.09. The number of hydrogen-bond donors (Lipinski definition) is 0. The third kappa shape index (κ3) is 2.25. The van der Waals surface area contributed by atoms with Gasteiger partial charge in [0, 0.05) is 5.56 Å². The van der Waals surface area contributed by atoms with Crippen LogP contribution >= 0.6 is 0 Å². The van der Waals surface area contributed by atoms with Gasteiger partial charge in [-0.1, -0.05) is 48.0 Å². The van der Waals surface area contributed by atoms with Gasteiger partial charge >= 0.3 is 5.55 Å². The Balaban J connectivity index is 2.33. The molecule has 2 heteroatoms. The molecule has 0 aliphatic carbocycles. The Labute approximate surface area is 118 Å². The Kier molecular flexibility index (Phi) is 3.15. The maximum absolute atomic E-state index is 6.10. The predicted octanol–water partition coefficient (Wildman–Crippen LogP) is 3.44. The molecule has 2 nitrogen and oxygen atoms in total. The first kappa shape index (κ1) is 12.7. The van der Waals surface area contributed by atoms with Crippen molar-refractivity contribution in [2.45, 2.75) is 6.92 Å². The van der Waals surface area contributed by atoms with Crippen LogP contribution in [0.3, 0.4) is 0 Å². The highest BCUT2D eigenvalue weighted by molar-refractivity contribution is 5.83. The molecule has 0 radical (unpaired) electrons. The van der Waals surface area contributed by atoms with E-state index < -0.39 is 0 Å². The molecule has 1 heterocycles. The summed E-state index contributed by atoms with van der Waals surface area (Å²) in [5.74, 6) is 0.896. The van der Waals surface area contributed by atoms with E-state index in [0.717, 1.165) is 22.3 Å². The van der Waals surface area contributed by atoms with Gasteiger partial charge in [-0.05, 0) is 24.4 Å². The lowest BCUT2D eigenvalue weighted by molar-refractivity contribution is 0.476. The Bertz CT molecular complexity index is 822. The van der Waals surface area contributed by atoms with Crippen LogP contribution in [0.15, 0.2) is 59.0 Å². The molecule has 20 heavy (non-hydrogen) atoms. The first-order chi connectivity index (χ1) is 9.65. The van der Waals surface area contributed by atoms with E-state index in [1.165, 1.54) is 10.9 Å². The summed E-state index contributed by atoms with van der Waals surface area (Å²) in [6.45, 7) is 2.09. The summed E-state index contributed by atoms with van der Waals surface area (Å²) >= 11 is 0. The smallest absolute Gasteiger partial charge is 0.375 e. The van der Waals surface area contributed by atoms with Crippen LogP contribution in [-0.2, 0) is 0 Å². The fraction of sp³-hybridized carbons (Fsp3) is 0.167. The van der Waals surface area contributed by atoms with Gasteiger partial charge in [0.15, 0.2) is 0 Å². The van der Waals surface area contributed by atoms with Crippen molar-refractivity contribution in [1.82, 2.24) is 4.58 Å². The molecular formula is C18H18NO+. The van der Waals surface area contributed by atoms with Crippen LogP contribution in [0.1, 0.15) is 5.56 Å². The summed E-state index contributed by atoms with van der Waals surface area (Å²) in [4.78, 5) is 0. The summed E-state index contributed by atoms with van der Waals surface area (Å²) in [6.07, 6.45) is 0. The second-order valence-corrected chi connectivity index (χ2v) is 5.26. The maximum atomic E-state index is 6.10. The fourth-order valence-electron chi connectivity index (χ4n) is 2.34. The topological polar surface area (TPSA) is 16.1 Å². The first-order valence-corrected chi connectivity index (χ1v) is 6.75. The van der Waals surface area contributed by atoms with Crippen molar-refractivity contribution < 1.29 is 4.42 Å². The summed E-state index contributed by atoms with van der Waals surface area (Å²) < 4.78 is 8.12. The van der Waals surface area contributed by atoms with Crippen LogP contribution in [-0.4, -0.2) is 14.1 Å². The van der Waals surface area contributed by atoms with Crippen molar-refractivity contribution >= 4 is 10.8 Å². The molecule has 3 aromatic rings. The Hall–Kier alpha value is -2.35. The van der Waals surface area contributed by atoms with Crippen LogP contribution in [0.25, 0.3) is 22.1 Å². The quantitative estimate of drug-likeness (QED) is 0.615. The predicted molar refractivity (Wildman–Crippen MR) is 83.5 cm³/mol. The number of benzene rings is 2. The van der Waals surface area contributed by atoms with Crippen molar-refractivity contribution in [2.24, 2.45) is 0 Å². The standard InChI is InChI=1S/C18H18NO/c1-13-8-10-14(11-9-13)17-12-15-6-4-5-7-16(15)18(20-17)19(2)3/h4-12H,1-3H3/q+1. The van der Waals surface area contributed by atoms with E-state index in [1.54, 1.807) is 0 Å². The average molecular weight is 264 g/mol. The van der Waals surface area contributed by atoms with Crippen LogP contribution in [0, 0.1) is 6.92 Å². The fourth-order valence-corrected chi connectivity index (χ4v) is 2.34. The second-order valence-electron chi connectivity index (χ2n) is 5.26. The summed E-state index contributed by atoms with van der Waals surface area (Å²) in [5.41, 5.74) is 3.24. The molecule has 1 aromatic heterocycles. The SMILES string of the molecule is Cc1ccc(-c2cc3ccccc3c(=[N+](C)C)o2)cc1. The average Bonchev–Trinajstić information content (AvgIpc) is 2.46. The minimum absolute atomic E-state index is 0.888. The molecule has 0 saturated heterocycles. The van der Waals surface area contributed by atoms with Crippen molar-refractivity contribution in [3.05, 3.63) is 65.7 Å². The number of rotatable bonds is 1. The Morgan fingerprint density at radius 2 is 1.60 bits per heavy atom. The van der Waals surface area contributed by atoms with Gasteiger partial charge in [0.1, 0.15) is 19.9 Å². The third-order valence-electron chi connectivity index (χ3n) is 3.43. The molecule has 0 spiro atoms. The van der Waals surface area contributed by atoms with Crippen LogP contribution < -0.4 is 10.1 Å². The van der Waals surface area contributed by atoms with Crippen molar-refractivity contribution in [2.75, 3.05) is 14.1 Å². The number of fused-ring (bicyclic) bond motifs is 1. The minimum Gasteiger partial charge on any atom is -0.404 e. The van der Waals surface area contributed by atoms with E-state index in [1.807, 2.05) is 24.7 Å². The molecule has 100 valence electrons. The van der Waals surface area contributed by atoms with E-state index in [9.17, 15) is 0 Å². The first-order valence-electron chi connectivity index (χ1n) is 6.75. The maximum Gasteiger partial charge on any atom is 0.375 e. The largest absolute Gasteiger partial charge is 0.404 e. The van der Waals surface area contributed by atoms with Crippen molar-refractivity contribution in [1.29, 1.82) is 0 Å². The van der Waals surface area contributed by atoms with Gasteiger partial charge in [0.25, 0.3) is 0 Å². The highest BCUT2D eigenvalue weighted by atomic mass is 16.3. The molecular weight excluding hydrogens is 246 g/mol. The second kappa shape index (κ2) is 4.97. The lowest BCUT2D eigenvalue weighted by Crippen LogP contribution is -2.22. The molecule has 0 N–H and O–H groups in total. The van der Waals surface area contributed by atoms with E-state index in [0.29, 0.717) is 0 Å². The summed E-state index contributed by atoms with van der Waals surface area (Å²) in [6, 6.07) is 18.8. The van der Waals surface area contributed by atoms with E-state index in [4.69, 9.17) is 4.42 Å². The van der Waals surface area contributed by atoms with Crippen LogP contribution in [0.5, 0.6) is 0 Å². The van der Waals surface area contributed by atoms with Crippen LogP contribution in [0.2, 0.25) is 0 Å².